The van der Waals surface area contributed by atoms with E-state index >= 15 is 0 Å². The number of amides is 1. The maximum Gasteiger partial charge on any atom is 0.236 e. The zero-order valence-electron chi connectivity index (χ0n) is 9.36. The predicted molar refractivity (Wildman–Crippen MR) is 56.9 cm³/mol. The molecule has 0 aliphatic carbocycles. The van der Waals surface area contributed by atoms with E-state index in [4.69, 9.17) is 5.73 Å². The molecule has 0 spiro atoms. The lowest BCUT2D eigenvalue weighted by atomic mass is 10.2. The van der Waals surface area contributed by atoms with Crippen LogP contribution in [0.4, 0.5) is 0 Å². The maximum atomic E-state index is 11.7. The second kappa shape index (κ2) is 4.75. The summed E-state index contributed by atoms with van der Waals surface area (Å²) in [6, 6.07) is 0.529. The monoisotopic (exact) mass is 199 g/mol. The first-order valence-electron chi connectivity index (χ1n) is 5.28. The number of nitrogens with zero attached hydrogens (tertiary/aromatic N) is 2. The lowest BCUT2D eigenvalue weighted by Crippen LogP contribution is -2.54. The minimum atomic E-state index is 0.0737. The Labute approximate surface area is 86.0 Å². The molecule has 1 rings (SSSR count). The number of carbonyl (C=O) groups is 1. The fraction of sp³-hybridized carbons (Fsp3) is 0.900. The van der Waals surface area contributed by atoms with Crippen molar-refractivity contribution in [1.29, 1.82) is 0 Å². The second-order valence-corrected chi connectivity index (χ2v) is 4.38. The summed E-state index contributed by atoms with van der Waals surface area (Å²) in [6.07, 6.45) is 0. The Hall–Kier alpha value is -0.610. The van der Waals surface area contributed by atoms with Crippen LogP contribution in [0.15, 0.2) is 0 Å². The van der Waals surface area contributed by atoms with Crippen molar-refractivity contribution in [2.75, 3.05) is 26.2 Å². The largest absolute Gasteiger partial charge is 0.339 e. The van der Waals surface area contributed by atoms with Gasteiger partial charge in [-0.3, -0.25) is 9.69 Å². The molecule has 14 heavy (non-hydrogen) atoms. The molecule has 4 heteroatoms. The van der Waals surface area contributed by atoms with Gasteiger partial charge in [0.2, 0.25) is 5.91 Å². The van der Waals surface area contributed by atoms with Gasteiger partial charge >= 0.3 is 0 Å². The fourth-order valence-electron chi connectivity index (χ4n) is 1.71. The van der Waals surface area contributed by atoms with Crippen molar-refractivity contribution in [1.82, 2.24) is 9.80 Å². The van der Waals surface area contributed by atoms with Crippen LogP contribution in [-0.4, -0.2) is 54.0 Å². The van der Waals surface area contributed by atoms with E-state index in [1.165, 1.54) is 0 Å². The highest BCUT2D eigenvalue weighted by Gasteiger charge is 2.25. The van der Waals surface area contributed by atoms with E-state index < -0.39 is 0 Å². The standard InChI is InChI=1S/C10H21N3O/c1-8(2)12-4-5-13(6-9(3)11)10(14)7-12/h8-9H,4-7,11H2,1-3H3. The van der Waals surface area contributed by atoms with Crippen molar-refractivity contribution in [3.8, 4) is 0 Å². The predicted octanol–water partition coefficient (Wildman–Crippen LogP) is -0.114. The van der Waals surface area contributed by atoms with E-state index in [0.717, 1.165) is 13.1 Å². The SMILES string of the molecule is CC(N)CN1CCN(C(C)C)CC1=O. The molecular formula is C10H21N3O. The zero-order valence-corrected chi connectivity index (χ0v) is 9.36. The van der Waals surface area contributed by atoms with Gasteiger partial charge in [-0.1, -0.05) is 0 Å². The zero-order chi connectivity index (χ0) is 10.7. The summed E-state index contributed by atoms with van der Waals surface area (Å²) >= 11 is 0. The second-order valence-electron chi connectivity index (χ2n) is 4.38. The van der Waals surface area contributed by atoms with Crippen LogP contribution in [0.3, 0.4) is 0 Å². The van der Waals surface area contributed by atoms with Gasteiger partial charge in [0, 0.05) is 31.7 Å². The molecule has 1 aliphatic heterocycles. The number of rotatable bonds is 3. The van der Waals surface area contributed by atoms with Crippen molar-refractivity contribution < 1.29 is 4.79 Å². The Morgan fingerprint density at radius 3 is 2.43 bits per heavy atom. The van der Waals surface area contributed by atoms with Gasteiger partial charge in [-0.15, -0.1) is 0 Å². The summed E-state index contributed by atoms with van der Waals surface area (Å²) in [5, 5.41) is 0. The molecule has 0 bridgehead atoms. The third-order valence-electron chi connectivity index (χ3n) is 2.59. The Bertz CT molecular complexity index is 204. The molecule has 1 aliphatic rings. The Balaban J connectivity index is 2.44. The van der Waals surface area contributed by atoms with Crippen molar-refractivity contribution in [2.24, 2.45) is 5.73 Å². The van der Waals surface area contributed by atoms with Gasteiger partial charge in [0.05, 0.1) is 6.54 Å². The molecule has 82 valence electrons. The van der Waals surface area contributed by atoms with E-state index in [-0.39, 0.29) is 11.9 Å². The van der Waals surface area contributed by atoms with E-state index in [9.17, 15) is 4.79 Å². The Kier molecular flexibility index (Phi) is 3.89. The van der Waals surface area contributed by atoms with Gasteiger partial charge in [0.15, 0.2) is 0 Å². The molecule has 0 saturated carbocycles. The van der Waals surface area contributed by atoms with Crippen LogP contribution in [0.2, 0.25) is 0 Å². The molecule has 1 unspecified atom stereocenters. The highest BCUT2D eigenvalue weighted by atomic mass is 16.2. The number of nitrogens with two attached hydrogens (primary N) is 1. The molecule has 0 aromatic carbocycles. The maximum absolute atomic E-state index is 11.7. The molecular weight excluding hydrogens is 178 g/mol. The van der Waals surface area contributed by atoms with Gasteiger partial charge in [-0.05, 0) is 20.8 Å². The quantitative estimate of drug-likeness (QED) is 0.690. The van der Waals surface area contributed by atoms with Crippen LogP contribution in [0.25, 0.3) is 0 Å². The van der Waals surface area contributed by atoms with Crippen molar-refractivity contribution in [3.63, 3.8) is 0 Å². The van der Waals surface area contributed by atoms with E-state index in [2.05, 4.69) is 18.7 Å². The summed E-state index contributed by atoms with van der Waals surface area (Å²) < 4.78 is 0. The smallest absolute Gasteiger partial charge is 0.236 e. The highest BCUT2D eigenvalue weighted by Crippen LogP contribution is 2.07. The summed E-state index contributed by atoms with van der Waals surface area (Å²) in [5.74, 6) is 0.210. The van der Waals surface area contributed by atoms with Gasteiger partial charge < -0.3 is 10.6 Å². The fourth-order valence-corrected chi connectivity index (χ4v) is 1.71. The first-order chi connectivity index (χ1) is 6.50. The average molecular weight is 199 g/mol. The molecule has 1 heterocycles. The van der Waals surface area contributed by atoms with Crippen LogP contribution in [0, 0.1) is 0 Å². The minimum Gasteiger partial charge on any atom is -0.339 e. The number of piperazine rings is 1. The Morgan fingerprint density at radius 1 is 1.36 bits per heavy atom. The van der Waals surface area contributed by atoms with Crippen LogP contribution in [0.1, 0.15) is 20.8 Å². The van der Waals surface area contributed by atoms with Crippen molar-refractivity contribution >= 4 is 5.91 Å². The molecule has 1 atom stereocenters. The van der Waals surface area contributed by atoms with Gasteiger partial charge in [0.25, 0.3) is 0 Å². The lowest BCUT2D eigenvalue weighted by molar-refractivity contribution is -0.137. The van der Waals surface area contributed by atoms with Crippen LogP contribution < -0.4 is 5.73 Å². The summed E-state index contributed by atoms with van der Waals surface area (Å²) in [6.45, 7) is 9.19. The van der Waals surface area contributed by atoms with Crippen molar-refractivity contribution in [3.05, 3.63) is 0 Å². The third-order valence-corrected chi connectivity index (χ3v) is 2.59. The molecule has 0 aromatic heterocycles. The lowest BCUT2D eigenvalue weighted by Gasteiger charge is -2.37. The molecule has 1 fully saturated rings. The van der Waals surface area contributed by atoms with Crippen LogP contribution in [-0.2, 0) is 4.79 Å². The minimum absolute atomic E-state index is 0.0737. The van der Waals surface area contributed by atoms with Crippen molar-refractivity contribution in [2.45, 2.75) is 32.9 Å². The van der Waals surface area contributed by atoms with E-state index in [1.807, 2.05) is 11.8 Å². The Morgan fingerprint density at radius 2 is 2.00 bits per heavy atom. The van der Waals surface area contributed by atoms with E-state index in [1.54, 1.807) is 0 Å². The topological polar surface area (TPSA) is 49.6 Å². The molecule has 4 nitrogen and oxygen atoms in total. The first kappa shape index (κ1) is 11.5. The number of hydrogen-bond acceptors (Lipinski definition) is 3. The van der Waals surface area contributed by atoms with Crippen LogP contribution >= 0.6 is 0 Å². The normalized spacial score (nSPS) is 21.8. The summed E-state index contributed by atoms with van der Waals surface area (Å²) in [5.41, 5.74) is 5.67. The molecule has 0 aromatic rings. The third kappa shape index (κ3) is 2.96. The van der Waals surface area contributed by atoms with E-state index in [0.29, 0.717) is 19.1 Å². The number of hydrogen-bond donors (Lipinski definition) is 1. The van der Waals surface area contributed by atoms with Crippen LogP contribution in [0.5, 0.6) is 0 Å². The number of carbonyl (C=O) groups excluding carboxylic acids is 1. The van der Waals surface area contributed by atoms with Gasteiger partial charge in [-0.25, -0.2) is 0 Å². The summed E-state index contributed by atoms with van der Waals surface area (Å²) in [7, 11) is 0. The molecule has 2 N–H and O–H groups in total. The first-order valence-corrected chi connectivity index (χ1v) is 5.28. The average Bonchev–Trinajstić information content (AvgIpc) is 2.07. The molecule has 1 saturated heterocycles. The summed E-state index contributed by atoms with van der Waals surface area (Å²) in [4.78, 5) is 15.7. The molecule has 0 radical (unpaired) electrons. The molecule has 1 amide bonds. The highest BCUT2D eigenvalue weighted by molar-refractivity contribution is 5.79. The van der Waals surface area contributed by atoms with Gasteiger partial charge in [0.1, 0.15) is 0 Å². The van der Waals surface area contributed by atoms with Gasteiger partial charge in [-0.2, -0.15) is 0 Å².